The van der Waals surface area contributed by atoms with Gasteiger partial charge in [-0.2, -0.15) is 0 Å². The van der Waals surface area contributed by atoms with E-state index in [0.29, 0.717) is 11.6 Å². The van der Waals surface area contributed by atoms with Crippen molar-refractivity contribution in [2.24, 2.45) is 5.92 Å². The number of hydrogen-bond acceptors (Lipinski definition) is 5. The molecule has 2 aliphatic rings. The number of rotatable bonds is 4. The molecule has 5 nitrogen and oxygen atoms in total. The van der Waals surface area contributed by atoms with Gasteiger partial charge in [0.15, 0.2) is 5.13 Å². The van der Waals surface area contributed by atoms with Crippen LogP contribution < -0.4 is 5.32 Å². The van der Waals surface area contributed by atoms with E-state index in [4.69, 9.17) is 0 Å². The molecule has 1 N–H and O–H groups in total. The zero-order chi connectivity index (χ0) is 15.9. The number of hydrogen-bond donors (Lipinski definition) is 1. The first kappa shape index (κ1) is 14.6. The smallest absolute Gasteiger partial charge is 0.274 e. The first-order valence-corrected chi connectivity index (χ1v) is 9.05. The number of amides is 1. The number of fused-ring (bicyclic) bond motifs is 1. The maximum Gasteiger partial charge on any atom is 0.274 e. The molecule has 4 rings (SSSR count). The van der Waals surface area contributed by atoms with Crippen molar-refractivity contribution in [2.75, 3.05) is 18.4 Å². The van der Waals surface area contributed by atoms with Gasteiger partial charge >= 0.3 is 0 Å². The summed E-state index contributed by atoms with van der Waals surface area (Å²) in [6, 6.07) is 4.07. The minimum Gasteiger partial charge on any atom is -0.362 e. The fraction of sp³-hybridized carbons (Fsp3) is 0.471. The molecule has 2 fully saturated rings. The summed E-state index contributed by atoms with van der Waals surface area (Å²) in [4.78, 5) is 23.8. The van der Waals surface area contributed by atoms with Gasteiger partial charge in [0, 0.05) is 30.9 Å². The highest BCUT2D eigenvalue weighted by molar-refractivity contribution is 7.13. The third-order valence-corrected chi connectivity index (χ3v) is 5.99. The van der Waals surface area contributed by atoms with E-state index in [0.717, 1.165) is 31.1 Å². The molecule has 0 unspecified atom stereocenters. The molecule has 1 saturated carbocycles. The van der Waals surface area contributed by atoms with Crippen molar-refractivity contribution >= 4 is 22.4 Å². The van der Waals surface area contributed by atoms with Gasteiger partial charge in [0.25, 0.3) is 5.91 Å². The van der Waals surface area contributed by atoms with Crippen molar-refractivity contribution in [2.45, 2.75) is 31.7 Å². The monoisotopic (exact) mass is 328 g/mol. The van der Waals surface area contributed by atoms with E-state index >= 15 is 0 Å². The van der Waals surface area contributed by atoms with E-state index in [9.17, 15) is 4.79 Å². The molecule has 120 valence electrons. The van der Waals surface area contributed by atoms with E-state index in [1.807, 2.05) is 29.5 Å². The van der Waals surface area contributed by atoms with Crippen molar-refractivity contribution in [1.82, 2.24) is 14.9 Å². The number of carbonyl (C=O) groups excluding carboxylic acids is 1. The first-order valence-electron chi connectivity index (χ1n) is 8.17. The molecular formula is C17H20N4OS. The van der Waals surface area contributed by atoms with Crippen molar-refractivity contribution in [1.29, 1.82) is 0 Å². The SMILES string of the molecule is CCNc1nc(C(=O)N2CC[C@@H]3CC[C@@]32c2cccnc2)cs1. The molecule has 1 saturated heterocycles. The Morgan fingerprint density at radius 3 is 3.13 bits per heavy atom. The Labute approximate surface area is 139 Å². The summed E-state index contributed by atoms with van der Waals surface area (Å²) in [5.74, 6) is 0.610. The van der Waals surface area contributed by atoms with E-state index in [-0.39, 0.29) is 11.4 Å². The standard InChI is InChI=1S/C17H20N4OS/c1-2-19-16-20-14(11-23-16)15(22)21-9-6-12-5-7-17(12,21)13-4-3-8-18-10-13/h3-4,8,10-12H,2,5-7,9H2,1H3,(H,19,20)/t12-,17-/m0/s1. The van der Waals surface area contributed by atoms with Crippen LogP contribution in [-0.4, -0.2) is 33.9 Å². The third kappa shape index (κ3) is 2.16. The quantitative estimate of drug-likeness (QED) is 0.937. The Morgan fingerprint density at radius 1 is 1.52 bits per heavy atom. The molecule has 2 aromatic heterocycles. The fourth-order valence-corrected chi connectivity index (χ4v) is 4.78. The van der Waals surface area contributed by atoms with Crippen LogP contribution in [0.1, 0.15) is 42.2 Å². The summed E-state index contributed by atoms with van der Waals surface area (Å²) in [6.45, 7) is 3.65. The normalized spacial score (nSPS) is 25.8. The molecule has 0 radical (unpaired) electrons. The maximum absolute atomic E-state index is 13.1. The second kappa shape index (κ2) is 5.60. The second-order valence-electron chi connectivity index (χ2n) is 6.22. The molecule has 3 heterocycles. The molecule has 0 spiro atoms. The number of thiazole rings is 1. The van der Waals surface area contributed by atoms with Gasteiger partial charge in [-0.25, -0.2) is 4.98 Å². The van der Waals surface area contributed by atoms with Crippen LogP contribution in [0.3, 0.4) is 0 Å². The summed E-state index contributed by atoms with van der Waals surface area (Å²) >= 11 is 1.49. The number of nitrogens with zero attached hydrogens (tertiary/aromatic N) is 3. The lowest BCUT2D eigenvalue weighted by atomic mass is 9.64. The molecule has 23 heavy (non-hydrogen) atoms. The van der Waals surface area contributed by atoms with E-state index in [1.165, 1.54) is 23.3 Å². The lowest BCUT2D eigenvalue weighted by molar-refractivity contribution is 0.0139. The lowest BCUT2D eigenvalue weighted by Gasteiger charge is -2.50. The van der Waals surface area contributed by atoms with Crippen molar-refractivity contribution < 1.29 is 4.79 Å². The summed E-state index contributed by atoms with van der Waals surface area (Å²) in [5, 5.41) is 5.85. The minimum atomic E-state index is -0.159. The van der Waals surface area contributed by atoms with Crippen LogP contribution >= 0.6 is 11.3 Å². The average molecular weight is 328 g/mol. The zero-order valence-corrected chi connectivity index (χ0v) is 14.0. The average Bonchev–Trinajstić information content (AvgIpc) is 3.11. The number of anilines is 1. The summed E-state index contributed by atoms with van der Waals surface area (Å²) in [5.41, 5.74) is 1.57. The van der Waals surface area contributed by atoms with Crippen LogP contribution in [0.2, 0.25) is 0 Å². The summed E-state index contributed by atoms with van der Waals surface area (Å²) < 4.78 is 0. The van der Waals surface area contributed by atoms with Gasteiger partial charge in [0.05, 0.1) is 5.54 Å². The second-order valence-corrected chi connectivity index (χ2v) is 7.07. The van der Waals surface area contributed by atoms with Crippen LogP contribution in [0, 0.1) is 5.92 Å². The van der Waals surface area contributed by atoms with Crippen LogP contribution in [0.5, 0.6) is 0 Å². The fourth-order valence-electron chi connectivity index (χ4n) is 4.02. The van der Waals surface area contributed by atoms with Gasteiger partial charge in [0.2, 0.25) is 0 Å². The number of pyridine rings is 1. The third-order valence-electron chi connectivity index (χ3n) is 5.19. The van der Waals surface area contributed by atoms with E-state index in [2.05, 4.69) is 21.4 Å². The van der Waals surface area contributed by atoms with E-state index in [1.54, 1.807) is 6.20 Å². The zero-order valence-electron chi connectivity index (χ0n) is 13.2. The molecule has 0 bridgehead atoms. The molecule has 1 aliphatic heterocycles. The topological polar surface area (TPSA) is 58.1 Å². The van der Waals surface area contributed by atoms with Gasteiger partial charge in [-0.15, -0.1) is 11.3 Å². The minimum absolute atomic E-state index is 0.0523. The van der Waals surface area contributed by atoms with Crippen LogP contribution in [-0.2, 0) is 5.54 Å². The van der Waals surface area contributed by atoms with E-state index < -0.39 is 0 Å². The number of likely N-dealkylation sites (tertiary alicyclic amines) is 1. The molecule has 1 amide bonds. The highest BCUT2D eigenvalue weighted by Crippen LogP contribution is 2.57. The van der Waals surface area contributed by atoms with Gasteiger partial charge in [-0.05, 0) is 43.7 Å². The predicted molar refractivity (Wildman–Crippen MR) is 90.6 cm³/mol. The Kier molecular flexibility index (Phi) is 3.56. The Hall–Kier alpha value is -1.95. The first-order chi connectivity index (χ1) is 11.3. The molecule has 2 aromatic rings. The lowest BCUT2D eigenvalue weighted by Crippen LogP contribution is -2.53. The number of nitrogens with one attached hydrogen (secondary N) is 1. The Morgan fingerprint density at radius 2 is 2.43 bits per heavy atom. The largest absolute Gasteiger partial charge is 0.362 e. The van der Waals surface area contributed by atoms with Gasteiger partial charge in [-0.1, -0.05) is 6.07 Å². The van der Waals surface area contributed by atoms with Crippen molar-refractivity contribution in [3.05, 3.63) is 41.2 Å². The molecule has 0 aromatic carbocycles. The van der Waals surface area contributed by atoms with Gasteiger partial charge < -0.3 is 10.2 Å². The summed E-state index contributed by atoms with van der Waals surface area (Å²) in [7, 11) is 0. The highest BCUT2D eigenvalue weighted by atomic mass is 32.1. The van der Waals surface area contributed by atoms with Gasteiger partial charge in [-0.3, -0.25) is 9.78 Å². The molecule has 6 heteroatoms. The molecule has 1 aliphatic carbocycles. The predicted octanol–water partition coefficient (Wildman–Crippen LogP) is 3.12. The Bertz CT molecular complexity index is 716. The van der Waals surface area contributed by atoms with Crippen molar-refractivity contribution in [3.8, 4) is 0 Å². The van der Waals surface area contributed by atoms with Crippen LogP contribution in [0.25, 0.3) is 0 Å². The maximum atomic E-state index is 13.1. The van der Waals surface area contributed by atoms with Crippen LogP contribution in [0.4, 0.5) is 5.13 Å². The highest BCUT2D eigenvalue weighted by Gasteiger charge is 2.57. The summed E-state index contributed by atoms with van der Waals surface area (Å²) in [6.07, 6.45) is 7.00. The number of aromatic nitrogens is 2. The van der Waals surface area contributed by atoms with Crippen molar-refractivity contribution in [3.63, 3.8) is 0 Å². The molecule has 2 atom stereocenters. The number of carbonyl (C=O) groups is 1. The Balaban J connectivity index is 1.66. The van der Waals surface area contributed by atoms with Gasteiger partial charge in [0.1, 0.15) is 5.69 Å². The van der Waals surface area contributed by atoms with Crippen LogP contribution in [0.15, 0.2) is 29.9 Å². The molecular weight excluding hydrogens is 308 g/mol.